The van der Waals surface area contributed by atoms with E-state index in [1.54, 1.807) is 12.1 Å². The van der Waals surface area contributed by atoms with Crippen LogP contribution in [0, 0.1) is 0 Å². The van der Waals surface area contributed by atoms with Crippen molar-refractivity contribution in [3.05, 3.63) is 29.3 Å². The van der Waals surface area contributed by atoms with E-state index >= 15 is 0 Å². The minimum Gasteiger partial charge on any atom is -0.479 e. The summed E-state index contributed by atoms with van der Waals surface area (Å²) in [6, 6.07) is 4.82. The first-order chi connectivity index (χ1) is 7.10. The van der Waals surface area contributed by atoms with Gasteiger partial charge in [-0.05, 0) is 23.6 Å². The molecule has 0 fully saturated rings. The Morgan fingerprint density at radius 1 is 1.60 bits per heavy atom. The number of hydrazine groups is 1. The number of hydrogen-bond acceptors (Lipinski definition) is 4. The van der Waals surface area contributed by atoms with Gasteiger partial charge in [-0.1, -0.05) is 19.1 Å². The van der Waals surface area contributed by atoms with Crippen LogP contribution in [0.5, 0.6) is 0 Å². The second-order valence-electron chi connectivity index (χ2n) is 3.16. The van der Waals surface area contributed by atoms with Gasteiger partial charge in [0.2, 0.25) is 0 Å². The molecular weight excluding hydrogens is 196 g/mol. The van der Waals surface area contributed by atoms with E-state index in [0.29, 0.717) is 12.0 Å². The van der Waals surface area contributed by atoms with E-state index in [1.807, 2.05) is 6.92 Å². The Bertz CT molecular complexity index is 366. The molecule has 0 amide bonds. The summed E-state index contributed by atoms with van der Waals surface area (Å²) in [7, 11) is 0. The molecule has 0 aliphatic rings. The lowest BCUT2D eigenvalue weighted by Crippen LogP contribution is -2.13. The molecule has 0 radical (unpaired) electrons. The van der Waals surface area contributed by atoms with Gasteiger partial charge >= 0.3 is 5.97 Å². The van der Waals surface area contributed by atoms with Gasteiger partial charge in [-0.2, -0.15) is 0 Å². The lowest BCUT2D eigenvalue weighted by molar-refractivity contribution is -0.146. The molecule has 82 valence electrons. The molecule has 1 aromatic carbocycles. The highest BCUT2D eigenvalue weighted by Crippen LogP contribution is 2.21. The van der Waals surface area contributed by atoms with Crippen LogP contribution in [-0.4, -0.2) is 16.2 Å². The van der Waals surface area contributed by atoms with Crippen LogP contribution in [-0.2, 0) is 11.2 Å². The van der Waals surface area contributed by atoms with Gasteiger partial charge in [0.15, 0.2) is 6.10 Å². The molecule has 0 bridgehead atoms. The number of anilines is 1. The van der Waals surface area contributed by atoms with E-state index in [-0.39, 0.29) is 0 Å². The molecule has 0 aromatic heterocycles. The maximum atomic E-state index is 10.6. The summed E-state index contributed by atoms with van der Waals surface area (Å²) in [6.07, 6.45) is -0.776. The van der Waals surface area contributed by atoms with Gasteiger partial charge < -0.3 is 15.6 Å². The second kappa shape index (κ2) is 4.77. The molecule has 5 N–H and O–H groups in total. The number of carbonyl (C=O) groups is 1. The molecule has 5 heteroatoms. The van der Waals surface area contributed by atoms with Gasteiger partial charge in [-0.3, -0.25) is 5.84 Å². The molecular formula is C10H14N2O3. The first kappa shape index (κ1) is 11.5. The predicted octanol–water partition coefficient (Wildman–Crippen LogP) is 0.653. The number of aliphatic carboxylic acids is 1. The minimum atomic E-state index is -1.48. The van der Waals surface area contributed by atoms with Crippen molar-refractivity contribution in [3.8, 4) is 0 Å². The van der Waals surface area contributed by atoms with E-state index in [4.69, 9.17) is 10.9 Å². The van der Waals surface area contributed by atoms with Gasteiger partial charge in [0, 0.05) is 0 Å². The van der Waals surface area contributed by atoms with Crippen molar-refractivity contribution in [3.63, 3.8) is 0 Å². The Labute approximate surface area is 87.5 Å². The fourth-order valence-electron chi connectivity index (χ4n) is 1.36. The SMILES string of the molecule is CCc1cc(C(O)C(=O)O)ccc1NN. The molecule has 15 heavy (non-hydrogen) atoms. The fourth-order valence-corrected chi connectivity index (χ4v) is 1.36. The molecule has 0 saturated carbocycles. The highest BCUT2D eigenvalue weighted by Gasteiger charge is 2.16. The zero-order valence-corrected chi connectivity index (χ0v) is 8.40. The highest BCUT2D eigenvalue weighted by molar-refractivity contribution is 5.74. The number of benzene rings is 1. The van der Waals surface area contributed by atoms with E-state index in [1.165, 1.54) is 6.07 Å². The number of carboxylic acids is 1. The molecule has 1 aromatic rings. The number of hydrogen-bond donors (Lipinski definition) is 4. The zero-order valence-electron chi connectivity index (χ0n) is 8.40. The first-order valence-electron chi connectivity index (χ1n) is 4.60. The van der Waals surface area contributed by atoms with Gasteiger partial charge in [0.25, 0.3) is 0 Å². The largest absolute Gasteiger partial charge is 0.479 e. The lowest BCUT2D eigenvalue weighted by atomic mass is 10.0. The maximum absolute atomic E-state index is 10.6. The number of rotatable bonds is 4. The Morgan fingerprint density at radius 2 is 2.27 bits per heavy atom. The minimum absolute atomic E-state index is 0.360. The highest BCUT2D eigenvalue weighted by atomic mass is 16.4. The van der Waals surface area contributed by atoms with Crippen LogP contribution in [0.2, 0.25) is 0 Å². The van der Waals surface area contributed by atoms with Crippen molar-refractivity contribution in [2.45, 2.75) is 19.4 Å². The smallest absolute Gasteiger partial charge is 0.337 e. The average molecular weight is 210 g/mol. The van der Waals surface area contributed by atoms with Crippen molar-refractivity contribution >= 4 is 11.7 Å². The lowest BCUT2D eigenvalue weighted by Gasteiger charge is -2.11. The Kier molecular flexibility index (Phi) is 3.65. The second-order valence-corrected chi connectivity index (χ2v) is 3.16. The molecule has 1 atom stereocenters. The average Bonchev–Trinajstić information content (AvgIpc) is 2.26. The van der Waals surface area contributed by atoms with Gasteiger partial charge in [0.05, 0.1) is 5.69 Å². The number of aliphatic hydroxyl groups is 1. The van der Waals surface area contributed by atoms with Crippen LogP contribution in [0.15, 0.2) is 18.2 Å². The number of nitrogens with one attached hydrogen (secondary N) is 1. The van der Waals surface area contributed by atoms with Crippen LogP contribution in [0.4, 0.5) is 5.69 Å². The van der Waals surface area contributed by atoms with Crippen molar-refractivity contribution in [1.29, 1.82) is 0 Å². The summed E-state index contributed by atoms with van der Waals surface area (Å²) < 4.78 is 0. The molecule has 5 nitrogen and oxygen atoms in total. The van der Waals surface area contributed by atoms with Crippen LogP contribution in [0.3, 0.4) is 0 Å². The van der Waals surface area contributed by atoms with Crippen molar-refractivity contribution in [2.24, 2.45) is 5.84 Å². The summed E-state index contributed by atoms with van der Waals surface area (Å²) >= 11 is 0. The first-order valence-corrected chi connectivity index (χ1v) is 4.60. The van der Waals surface area contributed by atoms with Crippen LogP contribution in [0.25, 0.3) is 0 Å². The van der Waals surface area contributed by atoms with E-state index in [9.17, 15) is 9.90 Å². The molecule has 0 saturated heterocycles. The molecule has 0 aliphatic heterocycles. The standard InChI is InChI=1S/C10H14N2O3/c1-2-6-5-7(9(13)10(14)15)3-4-8(6)12-11/h3-5,9,12-13H,2,11H2,1H3,(H,14,15). The van der Waals surface area contributed by atoms with Crippen molar-refractivity contribution in [2.75, 3.05) is 5.43 Å². The molecule has 1 rings (SSSR count). The number of carboxylic acid groups (broad SMARTS) is 1. The van der Waals surface area contributed by atoms with E-state index < -0.39 is 12.1 Å². The summed E-state index contributed by atoms with van der Waals surface area (Å²) in [6.45, 7) is 1.92. The molecule has 0 heterocycles. The Morgan fingerprint density at radius 3 is 2.73 bits per heavy atom. The van der Waals surface area contributed by atoms with Crippen molar-refractivity contribution in [1.82, 2.24) is 0 Å². The zero-order chi connectivity index (χ0) is 11.4. The normalized spacial score (nSPS) is 12.2. The van der Waals surface area contributed by atoms with Crippen LogP contribution in [0.1, 0.15) is 24.2 Å². The third kappa shape index (κ3) is 2.45. The van der Waals surface area contributed by atoms with Gasteiger partial charge in [0.1, 0.15) is 0 Å². The topological polar surface area (TPSA) is 95.6 Å². The number of nitrogen functional groups attached to an aromatic ring is 1. The van der Waals surface area contributed by atoms with Gasteiger partial charge in [-0.25, -0.2) is 4.79 Å². The summed E-state index contributed by atoms with van der Waals surface area (Å²) in [5.74, 6) is 4.02. The number of aryl methyl sites for hydroxylation is 1. The third-order valence-corrected chi connectivity index (χ3v) is 2.22. The summed E-state index contributed by atoms with van der Waals surface area (Å²) in [5.41, 5.74) is 4.48. The predicted molar refractivity (Wildman–Crippen MR) is 56.2 cm³/mol. The van der Waals surface area contributed by atoms with Crippen LogP contribution < -0.4 is 11.3 Å². The summed E-state index contributed by atoms with van der Waals surface area (Å²) in [5, 5.41) is 18.0. The Balaban J connectivity index is 3.07. The van der Waals surface area contributed by atoms with E-state index in [2.05, 4.69) is 5.43 Å². The monoisotopic (exact) mass is 210 g/mol. The molecule has 1 unspecified atom stereocenters. The third-order valence-electron chi connectivity index (χ3n) is 2.22. The number of nitrogens with two attached hydrogens (primary N) is 1. The maximum Gasteiger partial charge on any atom is 0.337 e. The van der Waals surface area contributed by atoms with Gasteiger partial charge in [-0.15, -0.1) is 0 Å². The summed E-state index contributed by atoms with van der Waals surface area (Å²) in [4.78, 5) is 10.6. The Hall–Kier alpha value is -1.59. The quantitative estimate of drug-likeness (QED) is 0.432. The van der Waals surface area contributed by atoms with E-state index in [0.717, 1.165) is 11.3 Å². The van der Waals surface area contributed by atoms with Crippen molar-refractivity contribution < 1.29 is 15.0 Å². The van der Waals surface area contributed by atoms with Crippen LogP contribution >= 0.6 is 0 Å². The molecule has 0 spiro atoms. The number of aliphatic hydroxyl groups excluding tert-OH is 1. The fraction of sp³-hybridized carbons (Fsp3) is 0.300. The molecule has 0 aliphatic carbocycles.